The van der Waals surface area contributed by atoms with Crippen LogP contribution in [0.2, 0.25) is 0 Å². The van der Waals surface area contributed by atoms with Crippen LogP contribution in [0.5, 0.6) is 0 Å². The molecule has 0 aromatic heterocycles. The maximum atomic E-state index is 5.37. The Morgan fingerprint density at radius 2 is 1.94 bits per heavy atom. The molecule has 0 saturated carbocycles. The lowest BCUT2D eigenvalue weighted by Gasteiger charge is -2.32. The van der Waals surface area contributed by atoms with Gasteiger partial charge in [0.25, 0.3) is 0 Å². The molecular formula is C12H27N3O. The summed E-state index contributed by atoms with van der Waals surface area (Å²) in [5.41, 5.74) is 0. The van der Waals surface area contributed by atoms with Crippen molar-refractivity contribution in [3.8, 4) is 0 Å². The van der Waals surface area contributed by atoms with E-state index in [1.807, 2.05) is 6.92 Å². The standard InChI is InChI=1S/C12H27N3O/c1-4-16-11-12(2)13-5-6-15-9-7-14(3)8-10-15/h12-13H,4-11H2,1-3H3. The molecule has 96 valence electrons. The Morgan fingerprint density at radius 3 is 2.56 bits per heavy atom. The van der Waals surface area contributed by atoms with E-state index in [0.29, 0.717) is 6.04 Å². The smallest absolute Gasteiger partial charge is 0.0616 e. The Kier molecular flexibility index (Phi) is 6.96. The summed E-state index contributed by atoms with van der Waals surface area (Å²) < 4.78 is 5.37. The third-order valence-electron chi connectivity index (χ3n) is 3.09. The Balaban J connectivity index is 1.98. The summed E-state index contributed by atoms with van der Waals surface area (Å²) in [5.74, 6) is 0. The van der Waals surface area contributed by atoms with Crippen LogP contribution < -0.4 is 5.32 Å². The summed E-state index contributed by atoms with van der Waals surface area (Å²) in [7, 11) is 2.19. The molecule has 1 rings (SSSR count). The molecule has 0 aliphatic carbocycles. The van der Waals surface area contributed by atoms with E-state index >= 15 is 0 Å². The van der Waals surface area contributed by atoms with Gasteiger partial charge < -0.3 is 15.0 Å². The van der Waals surface area contributed by atoms with E-state index < -0.39 is 0 Å². The average molecular weight is 229 g/mol. The molecule has 0 spiro atoms. The highest BCUT2D eigenvalue weighted by atomic mass is 16.5. The van der Waals surface area contributed by atoms with Crippen molar-refractivity contribution in [3.63, 3.8) is 0 Å². The second-order valence-corrected chi connectivity index (χ2v) is 4.66. The van der Waals surface area contributed by atoms with Crippen LogP contribution in [0.15, 0.2) is 0 Å². The maximum absolute atomic E-state index is 5.37. The molecule has 1 aliphatic rings. The maximum Gasteiger partial charge on any atom is 0.0616 e. The minimum absolute atomic E-state index is 0.465. The Morgan fingerprint density at radius 1 is 1.25 bits per heavy atom. The summed E-state index contributed by atoms with van der Waals surface area (Å²) in [6.07, 6.45) is 0. The van der Waals surface area contributed by atoms with E-state index in [-0.39, 0.29) is 0 Å². The third kappa shape index (κ3) is 5.80. The molecule has 4 nitrogen and oxygen atoms in total. The van der Waals surface area contributed by atoms with Crippen LogP contribution in [-0.2, 0) is 4.74 Å². The van der Waals surface area contributed by atoms with Gasteiger partial charge in [-0.3, -0.25) is 4.90 Å². The zero-order valence-corrected chi connectivity index (χ0v) is 11.0. The van der Waals surface area contributed by atoms with Crippen molar-refractivity contribution in [2.45, 2.75) is 19.9 Å². The Labute approximate surface area is 99.9 Å². The normalized spacial score (nSPS) is 21.2. The van der Waals surface area contributed by atoms with E-state index in [0.717, 1.165) is 26.3 Å². The van der Waals surface area contributed by atoms with Crippen molar-refractivity contribution in [3.05, 3.63) is 0 Å². The van der Waals surface area contributed by atoms with E-state index in [9.17, 15) is 0 Å². The largest absolute Gasteiger partial charge is 0.380 e. The van der Waals surface area contributed by atoms with Crippen LogP contribution in [0, 0.1) is 0 Å². The van der Waals surface area contributed by atoms with Crippen LogP contribution in [0.25, 0.3) is 0 Å². The highest BCUT2D eigenvalue weighted by Gasteiger charge is 2.13. The molecule has 0 radical (unpaired) electrons. The second kappa shape index (κ2) is 8.01. The van der Waals surface area contributed by atoms with Gasteiger partial charge in [-0.1, -0.05) is 0 Å². The summed E-state index contributed by atoms with van der Waals surface area (Å²) in [6.45, 7) is 12.9. The van der Waals surface area contributed by atoms with Gasteiger partial charge in [0.2, 0.25) is 0 Å². The number of rotatable bonds is 7. The van der Waals surface area contributed by atoms with Crippen LogP contribution >= 0.6 is 0 Å². The fraction of sp³-hybridized carbons (Fsp3) is 1.00. The molecule has 4 heteroatoms. The highest BCUT2D eigenvalue weighted by Crippen LogP contribution is 1.97. The fourth-order valence-corrected chi connectivity index (χ4v) is 1.89. The highest BCUT2D eigenvalue weighted by molar-refractivity contribution is 4.70. The van der Waals surface area contributed by atoms with Gasteiger partial charge in [0.1, 0.15) is 0 Å². The first-order valence-electron chi connectivity index (χ1n) is 6.44. The molecule has 1 unspecified atom stereocenters. The van der Waals surface area contributed by atoms with E-state index in [1.165, 1.54) is 26.2 Å². The van der Waals surface area contributed by atoms with Gasteiger partial charge in [-0.05, 0) is 20.9 Å². The number of nitrogens with one attached hydrogen (secondary N) is 1. The molecule has 1 fully saturated rings. The minimum atomic E-state index is 0.465. The monoisotopic (exact) mass is 229 g/mol. The molecule has 1 saturated heterocycles. The van der Waals surface area contributed by atoms with Crippen molar-refractivity contribution >= 4 is 0 Å². The Bertz CT molecular complexity index is 170. The third-order valence-corrected chi connectivity index (χ3v) is 3.09. The van der Waals surface area contributed by atoms with Crippen LogP contribution in [0.3, 0.4) is 0 Å². The van der Waals surface area contributed by atoms with Crippen molar-refractivity contribution in [2.24, 2.45) is 0 Å². The molecule has 1 heterocycles. The first kappa shape index (κ1) is 13.9. The summed E-state index contributed by atoms with van der Waals surface area (Å²) in [6, 6.07) is 0.465. The molecule has 16 heavy (non-hydrogen) atoms. The lowest BCUT2D eigenvalue weighted by atomic mass is 10.3. The lowest BCUT2D eigenvalue weighted by Crippen LogP contribution is -2.47. The molecule has 0 aromatic rings. The van der Waals surface area contributed by atoms with Crippen molar-refractivity contribution < 1.29 is 4.74 Å². The van der Waals surface area contributed by atoms with Crippen LogP contribution in [0.1, 0.15) is 13.8 Å². The zero-order chi connectivity index (χ0) is 11.8. The number of ether oxygens (including phenoxy) is 1. The fourth-order valence-electron chi connectivity index (χ4n) is 1.89. The second-order valence-electron chi connectivity index (χ2n) is 4.66. The minimum Gasteiger partial charge on any atom is -0.380 e. The van der Waals surface area contributed by atoms with Crippen LogP contribution in [0.4, 0.5) is 0 Å². The molecule has 0 amide bonds. The van der Waals surface area contributed by atoms with Gasteiger partial charge in [-0.2, -0.15) is 0 Å². The van der Waals surface area contributed by atoms with Gasteiger partial charge in [-0.15, -0.1) is 0 Å². The van der Waals surface area contributed by atoms with E-state index in [2.05, 4.69) is 29.1 Å². The molecule has 1 atom stereocenters. The molecular weight excluding hydrogens is 202 g/mol. The SMILES string of the molecule is CCOCC(C)NCCN1CCN(C)CC1. The summed E-state index contributed by atoms with van der Waals surface area (Å²) in [4.78, 5) is 4.92. The van der Waals surface area contributed by atoms with Gasteiger partial charge in [-0.25, -0.2) is 0 Å². The quantitative estimate of drug-likeness (QED) is 0.677. The first-order chi connectivity index (χ1) is 7.72. The average Bonchev–Trinajstić information content (AvgIpc) is 2.29. The molecule has 0 bridgehead atoms. The molecule has 1 N–H and O–H groups in total. The number of likely N-dealkylation sites (N-methyl/N-ethyl adjacent to an activating group) is 1. The van der Waals surface area contributed by atoms with Crippen molar-refractivity contribution in [1.82, 2.24) is 15.1 Å². The van der Waals surface area contributed by atoms with E-state index in [1.54, 1.807) is 0 Å². The number of hydrogen-bond donors (Lipinski definition) is 1. The molecule has 1 aliphatic heterocycles. The zero-order valence-electron chi connectivity index (χ0n) is 11.0. The topological polar surface area (TPSA) is 27.7 Å². The first-order valence-corrected chi connectivity index (χ1v) is 6.44. The number of piperazine rings is 1. The van der Waals surface area contributed by atoms with Gasteiger partial charge in [0.05, 0.1) is 6.61 Å². The predicted octanol–water partition coefficient (Wildman–Crippen LogP) is 0.248. The van der Waals surface area contributed by atoms with Gasteiger partial charge >= 0.3 is 0 Å². The van der Waals surface area contributed by atoms with E-state index in [4.69, 9.17) is 4.74 Å². The van der Waals surface area contributed by atoms with Crippen LogP contribution in [-0.4, -0.2) is 75.4 Å². The summed E-state index contributed by atoms with van der Waals surface area (Å²) in [5, 5.41) is 3.50. The van der Waals surface area contributed by atoms with Crippen molar-refractivity contribution in [2.75, 3.05) is 59.5 Å². The van der Waals surface area contributed by atoms with Gasteiger partial charge in [0.15, 0.2) is 0 Å². The predicted molar refractivity (Wildman–Crippen MR) is 67.9 cm³/mol. The number of hydrogen-bond acceptors (Lipinski definition) is 4. The summed E-state index contributed by atoms with van der Waals surface area (Å²) >= 11 is 0. The Hall–Kier alpha value is -0.160. The lowest BCUT2D eigenvalue weighted by molar-refractivity contribution is 0.122. The number of nitrogens with zero attached hydrogens (tertiary/aromatic N) is 2. The van der Waals surface area contributed by atoms with Gasteiger partial charge in [0, 0.05) is 51.9 Å². The van der Waals surface area contributed by atoms with Crippen molar-refractivity contribution in [1.29, 1.82) is 0 Å². The molecule has 0 aromatic carbocycles.